The van der Waals surface area contributed by atoms with E-state index in [1.807, 2.05) is 0 Å². The van der Waals surface area contributed by atoms with E-state index in [2.05, 4.69) is 5.32 Å². The molecule has 0 aliphatic carbocycles. The Bertz CT molecular complexity index is 925. The number of rotatable bonds is 7. The first kappa shape index (κ1) is 20.2. The lowest BCUT2D eigenvalue weighted by Crippen LogP contribution is -2.27. The Morgan fingerprint density at radius 2 is 1.78 bits per heavy atom. The molecule has 0 heterocycles. The van der Waals surface area contributed by atoms with Gasteiger partial charge < -0.3 is 14.8 Å². The SMILES string of the molecule is CNC(=O)COC(=O)c1cccc(S(=O)(=O)N(C)c2ccc(OC)cc2)c1. The molecular formula is C18H20N2O6S. The van der Waals surface area contributed by atoms with Crippen LogP contribution in [0.15, 0.2) is 53.4 Å². The van der Waals surface area contributed by atoms with Gasteiger partial charge in [-0.05, 0) is 42.5 Å². The first-order chi connectivity index (χ1) is 12.8. The Kier molecular flexibility index (Phi) is 6.40. The van der Waals surface area contributed by atoms with Crippen LogP contribution >= 0.6 is 0 Å². The van der Waals surface area contributed by atoms with E-state index in [9.17, 15) is 18.0 Å². The molecule has 2 rings (SSSR count). The van der Waals surface area contributed by atoms with Crippen LogP contribution in [-0.4, -0.2) is 48.1 Å². The van der Waals surface area contributed by atoms with Gasteiger partial charge in [-0.3, -0.25) is 9.10 Å². The zero-order valence-electron chi connectivity index (χ0n) is 15.1. The number of amides is 1. The Morgan fingerprint density at radius 1 is 1.11 bits per heavy atom. The molecule has 0 aliphatic heterocycles. The second kappa shape index (κ2) is 8.54. The largest absolute Gasteiger partial charge is 0.497 e. The van der Waals surface area contributed by atoms with E-state index in [0.717, 1.165) is 4.31 Å². The standard InChI is InChI=1S/C18H20N2O6S/c1-19-17(21)12-26-18(22)13-5-4-6-16(11-13)27(23,24)20(2)14-7-9-15(25-3)10-8-14/h4-11H,12H2,1-3H3,(H,19,21). The minimum atomic E-state index is -3.90. The zero-order chi connectivity index (χ0) is 20.0. The molecule has 0 fully saturated rings. The monoisotopic (exact) mass is 392 g/mol. The lowest BCUT2D eigenvalue weighted by atomic mass is 10.2. The van der Waals surface area contributed by atoms with Crippen molar-refractivity contribution in [3.8, 4) is 5.75 Å². The summed E-state index contributed by atoms with van der Waals surface area (Å²) in [4.78, 5) is 23.1. The van der Waals surface area contributed by atoms with Crippen molar-refractivity contribution in [2.45, 2.75) is 4.90 Å². The third-order valence-corrected chi connectivity index (χ3v) is 5.56. The van der Waals surface area contributed by atoms with E-state index in [4.69, 9.17) is 9.47 Å². The van der Waals surface area contributed by atoms with Crippen molar-refractivity contribution in [3.63, 3.8) is 0 Å². The van der Waals surface area contributed by atoms with Crippen molar-refractivity contribution in [3.05, 3.63) is 54.1 Å². The number of carbonyl (C=O) groups excluding carboxylic acids is 2. The average molecular weight is 392 g/mol. The highest BCUT2D eigenvalue weighted by molar-refractivity contribution is 7.92. The molecule has 1 amide bonds. The van der Waals surface area contributed by atoms with Crippen molar-refractivity contribution in [1.29, 1.82) is 0 Å². The smallest absolute Gasteiger partial charge is 0.338 e. The lowest BCUT2D eigenvalue weighted by molar-refractivity contribution is -0.123. The van der Waals surface area contributed by atoms with Crippen molar-refractivity contribution < 1.29 is 27.5 Å². The summed E-state index contributed by atoms with van der Waals surface area (Å²) >= 11 is 0. The van der Waals surface area contributed by atoms with Gasteiger partial charge >= 0.3 is 5.97 Å². The van der Waals surface area contributed by atoms with Crippen LogP contribution in [0.5, 0.6) is 5.75 Å². The molecule has 0 bridgehead atoms. The van der Waals surface area contributed by atoms with Gasteiger partial charge in [0.05, 0.1) is 23.3 Å². The predicted octanol–water partition coefficient (Wildman–Crippen LogP) is 1.42. The molecule has 0 spiro atoms. The summed E-state index contributed by atoms with van der Waals surface area (Å²) in [7, 11) is 0.445. The second-order valence-corrected chi connectivity index (χ2v) is 7.42. The van der Waals surface area contributed by atoms with Gasteiger partial charge in [0.1, 0.15) is 5.75 Å². The van der Waals surface area contributed by atoms with Gasteiger partial charge in [0.25, 0.3) is 15.9 Å². The molecule has 0 aromatic heterocycles. The Balaban J connectivity index is 2.25. The van der Waals surface area contributed by atoms with E-state index in [0.29, 0.717) is 11.4 Å². The van der Waals surface area contributed by atoms with Crippen LogP contribution < -0.4 is 14.4 Å². The molecular weight excluding hydrogens is 372 g/mol. The molecule has 144 valence electrons. The fourth-order valence-corrected chi connectivity index (χ4v) is 3.40. The van der Waals surface area contributed by atoms with E-state index < -0.39 is 28.5 Å². The summed E-state index contributed by atoms with van der Waals surface area (Å²) in [5.74, 6) is -0.653. The molecule has 8 nitrogen and oxygen atoms in total. The van der Waals surface area contributed by atoms with E-state index in [1.54, 1.807) is 24.3 Å². The predicted molar refractivity (Wildman–Crippen MR) is 99.4 cm³/mol. The molecule has 1 N–H and O–H groups in total. The zero-order valence-corrected chi connectivity index (χ0v) is 15.9. The topological polar surface area (TPSA) is 102 Å². The fraction of sp³-hybridized carbons (Fsp3) is 0.222. The molecule has 0 aliphatic rings. The number of nitrogens with one attached hydrogen (secondary N) is 1. The number of carbonyl (C=O) groups is 2. The highest BCUT2D eigenvalue weighted by Crippen LogP contribution is 2.24. The number of hydrogen-bond donors (Lipinski definition) is 1. The number of esters is 1. The van der Waals surface area contributed by atoms with Crippen LogP contribution in [0.25, 0.3) is 0 Å². The first-order valence-electron chi connectivity index (χ1n) is 7.90. The Hall–Kier alpha value is -3.07. The second-order valence-electron chi connectivity index (χ2n) is 5.45. The maximum Gasteiger partial charge on any atom is 0.338 e. The molecule has 9 heteroatoms. The molecule has 2 aromatic rings. The highest BCUT2D eigenvalue weighted by Gasteiger charge is 2.23. The third kappa shape index (κ3) is 4.76. The molecule has 2 aromatic carbocycles. The Labute approximate surface area is 157 Å². The lowest BCUT2D eigenvalue weighted by Gasteiger charge is -2.20. The fourth-order valence-electron chi connectivity index (χ4n) is 2.16. The molecule has 0 saturated carbocycles. The van der Waals surface area contributed by atoms with Gasteiger partial charge in [-0.1, -0.05) is 6.07 Å². The number of benzene rings is 2. The maximum absolute atomic E-state index is 12.9. The van der Waals surface area contributed by atoms with E-state index >= 15 is 0 Å². The summed E-state index contributed by atoms with van der Waals surface area (Å²) in [5, 5.41) is 2.32. The first-order valence-corrected chi connectivity index (χ1v) is 9.34. The number of sulfonamides is 1. The van der Waals surface area contributed by atoms with Gasteiger partial charge in [0.15, 0.2) is 6.61 Å². The minimum absolute atomic E-state index is 0.0307. The minimum Gasteiger partial charge on any atom is -0.497 e. The summed E-state index contributed by atoms with van der Waals surface area (Å²) in [6.45, 7) is -0.446. The van der Waals surface area contributed by atoms with Crippen molar-refractivity contribution >= 4 is 27.6 Å². The summed E-state index contributed by atoms with van der Waals surface area (Å²) < 4.78 is 36.7. The number of ether oxygens (including phenoxy) is 2. The quantitative estimate of drug-likeness (QED) is 0.715. The van der Waals surface area contributed by atoms with Gasteiger partial charge in [0, 0.05) is 14.1 Å². The molecule has 27 heavy (non-hydrogen) atoms. The summed E-state index contributed by atoms with van der Waals surface area (Å²) in [6, 6.07) is 12.0. The van der Waals surface area contributed by atoms with E-state index in [-0.39, 0.29) is 10.5 Å². The third-order valence-electron chi connectivity index (χ3n) is 3.78. The highest BCUT2D eigenvalue weighted by atomic mass is 32.2. The number of likely N-dealkylation sites (N-methyl/N-ethyl adjacent to an activating group) is 1. The number of hydrogen-bond acceptors (Lipinski definition) is 6. The van der Waals surface area contributed by atoms with Crippen molar-refractivity contribution in [1.82, 2.24) is 5.32 Å². The number of methoxy groups -OCH3 is 1. The van der Waals surface area contributed by atoms with Gasteiger partial charge in [0.2, 0.25) is 0 Å². The van der Waals surface area contributed by atoms with E-state index in [1.165, 1.54) is 45.5 Å². The summed E-state index contributed by atoms with van der Waals surface area (Å²) in [6.07, 6.45) is 0. The number of nitrogens with zero attached hydrogens (tertiary/aromatic N) is 1. The van der Waals surface area contributed by atoms with Crippen LogP contribution in [0.3, 0.4) is 0 Å². The van der Waals surface area contributed by atoms with Crippen molar-refractivity contribution in [2.24, 2.45) is 0 Å². The number of anilines is 1. The van der Waals surface area contributed by atoms with Crippen LogP contribution in [0, 0.1) is 0 Å². The van der Waals surface area contributed by atoms with Crippen LogP contribution in [0.2, 0.25) is 0 Å². The van der Waals surface area contributed by atoms with Gasteiger partial charge in [-0.2, -0.15) is 0 Å². The normalized spacial score (nSPS) is 10.8. The molecule has 0 unspecified atom stereocenters. The van der Waals surface area contributed by atoms with Crippen molar-refractivity contribution in [2.75, 3.05) is 32.1 Å². The maximum atomic E-state index is 12.9. The Morgan fingerprint density at radius 3 is 2.37 bits per heavy atom. The van der Waals surface area contributed by atoms with Crippen LogP contribution in [0.1, 0.15) is 10.4 Å². The molecule has 0 radical (unpaired) electrons. The average Bonchev–Trinajstić information content (AvgIpc) is 2.71. The molecule has 0 atom stereocenters. The van der Waals surface area contributed by atoms with Gasteiger partial charge in [-0.25, -0.2) is 13.2 Å². The molecule has 0 saturated heterocycles. The van der Waals surface area contributed by atoms with Crippen LogP contribution in [0.4, 0.5) is 5.69 Å². The van der Waals surface area contributed by atoms with Crippen LogP contribution in [-0.2, 0) is 19.6 Å². The summed E-state index contributed by atoms with van der Waals surface area (Å²) in [5.41, 5.74) is 0.464. The van der Waals surface area contributed by atoms with Gasteiger partial charge in [-0.15, -0.1) is 0 Å².